The van der Waals surface area contributed by atoms with Gasteiger partial charge in [0.2, 0.25) is 0 Å². The first-order valence-corrected chi connectivity index (χ1v) is 12.5. The third-order valence-electron chi connectivity index (χ3n) is 6.00. The zero-order valence-corrected chi connectivity index (χ0v) is 20.0. The Bertz CT molecular complexity index is 1270. The summed E-state index contributed by atoms with van der Waals surface area (Å²) in [6, 6.07) is 19.8. The summed E-state index contributed by atoms with van der Waals surface area (Å²) in [5.74, 6) is 0. The van der Waals surface area contributed by atoms with Gasteiger partial charge in [-0.05, 0) is 73.7 Å². The molecule has 33 heavy (non-hydrogen) atoms. The molecule has 1 saturated heterocycles. The largest absolute Gasteiger partial charge is 0.324 e. The van der Waals surface area contributed by atoms with Crippen LogP contribution in [-0.2, 0) is 16.6 Å². The third-order valence-corrected chi connectivity index (χ3v) is 7.38. The Labute approximate surface area is 195 Å². The molecule has 0 aromatic heterocycles. The van der Waals surface area contributed by atoms with Crippen LogP contribution >= 0.6 is 0 Å². The highest BCUT2D eigenvalue weighted by Crippen LogP contribution is 2.32. The van der Waals surface area contributed by atoms with Crippen molar-refractivity contribution >= 4 is 27.4 Å². The van der Waals surface area contributed by atoms with Crippen LogP contribution in [-0.4, -0.2) is 32.4 Å². The van der Waals surface area contributed by atoms with Crippen molar-refractivity contribution in [3.05, 3.63) is 89.0 Å². The molecule has 0 unspecified atom stereocenters. The van der Waals surface area contributed by atoms with Crippen molar-refractivity contribution in [2.24, 2.45) is 0 Å². The van der Waals surface area contributed by atoms with Crippen molar-refractivity contribution in [3.63, 3.8) is 0 Å². The molecule has 0 bridgehead atoms. The van der Waals surface area contributed by atoms with Crippen LogP contribution < -0.4 is 9.62 Å². The van der Waals surface area contributed by atoms with Gasteiger partial charge in [-0.3, -0.25) is 9.62 Å². The topological polar surface area (TPSA) is 69.7 Å². The van der Waals surface area contributed by atoms with Gasteiger partial charge in [-0.1, -0.05) is 42.5 Å². The highest BCUT2D eigenvalue weighted by Gasteiger charge is 2.29. The van der Waals surface area contributed by atoms with Crippen molar-refractivity contribution in [2.75, 3.05) is 22.7 Å². The predicted molar refractivity (Wildman–Crippen MR) is 132 cm³/mol. The zero-order chi connectivity index (χ0) is 23.6. The third kappa shape index (κ3) is 5.03. The second-order valence-corrected chi connectivity index (χ2v) is 10.2. The van der Waals surface area contributed by atoms with E-state index in [9.17, 15) is 13.2 Å². The molecule has 0 aliphatic carbocycles. The lowest BCUT2D eigenvalue weighted by Gasteiger charge is -2.36. The first kappa shape index (κ1) is 22.9. The van der Waals surface area contributed by atoms with Gasteiger partial charge >= 0.3 is 6.03 Å². The smallest absolute Gasteiger partial charge is 0.320 e. The predicted octanol–water partition coefficient (Wildman–Crippen LogP) is 5.24. The lowest BCUT2D eigenvalue weighted by atomic mass is 10.1. The van der Waals surface area contributed by atoms with Gasteiger partial charge in [0, 0.05) is 19.6 Å². The maximum absolute atomic E-state index is 13.4. The van der Waals surface area contributed by atoms with Gasteiger partial charge in [0.05, 0.1) is 16.3 Å². The fourth-order valence-electron chi connectivity index (χ4n) is 4.04. The van der Waals surface area contributed by atoms with Crippen LogP contribution in [0.1, 0.15) is 28.7 Å². The number of rotatable bonds is 6. The van der Waals surface area contributed by atoms with E-state index in [4.69, 9.17) is 0 Å². The fraction of sp³-hybridized carbons (Fsp3) is 0.269. The molecule has 2 amide bonds. The summed E-state index contributed by atoms with van der Waals surface area (Å²) in [6.07, 6.45) is 0.801. The molecule has 0 saturated carbocycles. The minimum Gasteiger partial charge on any atom is -0.320 e. The summed E-state index contributed by atoms with van der Waals surface area (Å²) in [5, 5.41) is 0. The van der Waals surface area contributed by atoms with Crippen LogP contribution in [0.5, 0.6) is 0 Å². The molecule has 3 aromatic rings. The number of urea groups is 1. The number of benzene rings is 3. The van der Waals surface area contributed by atoms with E-state index in [0.717, 1.165) is 17.5 Å². The van der Waals surface area contributed by atoms with E-state index >= 15 is 0 Å². The van der Waals surface area contributed by atoms with Crippen molar-refractivity contribution in [1.29, 1.82) is 0 Å². The number of carbonyl (C=O) groups is 1. The molecule has 0 atom stereocenters. The molecular weight excluding hydrogens is 434 g/mol. The number of sulfonamides is 1. The van der Waals surface area contributed by atoms with Crippen molar-refractivity contribution in [3.8, 4) is 0 Å². The van der Waals surface area contributed by atoms with Crippen LogP contribution in [0.25, 0.3) is 0 Å². The van der Waals surface area contributed by atoms with Crippen molar-refractivity contribution < 1.29 is 13.2 Å². The summed E-state index contributed by atoms with van der Waals surface area (Å²) in [7, 11) is -3.78. The van der Waals surface area contributed by atoms with Crippen molar-refractivity contribution in [2.45, 2.75) is 38.6 Å². The molecule has 0 spiro atoms. The Morgan fingerprint density at radius 1 is 0.879 bits per heavy atom. The van der Waals surface area contributed by atoms with Gasteiger partial charge in [0.25, 0.3) is 10.0 Å². The Morgan fingerprint density at radius 2 is 1.64 bits per heavy atom. The molecule has 1 fully saturated rings. The number of hydrogen-bond donors (Lipinski definition) is 1. The number of hydrogen-bond acceptors (Lipinski definition) is 3. The van der Waals surface area contributed by atoms with Crippen LogP contribution in [0.4, 0.5) is 16.2 Å². The summed E-state index contributed by atoms with van der Waals surface area (Å²) < 4.78 is 28.6. The average Bonchev–Trinajstić information content (AvgIpc) is 2.79. The SMILES string of the molecule is Cc1ccc(N2CCCN(Cc3ccc(C)c(C)c3)C2=O)c(NS(=O)(=O)c2ccccc2)c1. The van der Waals surface area contributed by atoms with Crippen molar-refractivity contribution in [1.82, 2.24) is 4.90 Å². The number of nitrogens with zero attached hydrogens (tertiary/aromatic N) is 2. The highest BCUT2D eigenvalue weighted by atomic mass is 32.2. The zero-order valence-electron chi connectivity index (χ0n) is 19.2. The lowest BCUT2D eigenvalue weighted by Crippen LogP contribution is -2.49. The summed E-state index contributed by atoms with van der Waals surface area (Å²) in [5.41, 5.74) is 5.38. The maximum Gasteiger partial charge on any atom is 0.324 e. The normalized spacial score (nSPS) is 14.5. The minimum absolute atomic E-state index is 0.122. The molecular formula is C26H29N3O3S. The molecule has 0 radical (unpaired) electrons. The number of anilines is 2. The van der Waals surface area contributed by atoms with Gasteiger partial charge in [-0.25, -0.2) is 13.2 Å². The van der Waals surface area contributed by atoms with E-state index in [1.807, 2.05) is 24.0 Å². The Balaban J connectivity index is 1.61. The second-order valence-electron chi connectivity index (χ2n) is 8.57. The molecule has 7 heteroatoms. The molecule has 1 N–H and O–H groups in total. The van der Waals surface area contributed by atoms with Gasteiger partial charge in [0.1, 0.15) is 0 Å². The highest BCUT2D eigenvalue weighted by molar-refractivity contribution is 7.92. The Kier molecular flexibility index (Phi) is 6.42. The molecule has 1 heterocycles. The van der Waals surface area contributed by atoms with Crippen LogP contribution in [0.3, 0.4) is 0 Å². The number of amides is 2. The summed E-state index contributed by atoms with van der Waals surface area (Å²) in [6.45, 7) is 7.76. The second kappa shape index (κ2) is 9.27. The summed E-state index contributed by atoms with van der Waals surface area (Å²) >= 11 is 0. The molecule has 172 valence electrons. The first-order chi connectivity index (χ1) is 15.7. The Morgan fingerprint density at radius 3 is 2.36 bits per heavy atom. The number of nitrogens with one attached hydrogen (secondary N) is 1. The van der Waals surface area contributed by atoms with Gasteiger partial charge < -0.3 is 4.90 Å². The minimum atomic E-state index is -3.78. The molecule has 1 aliphatic rings. The van der Waals surface area contributed by atoms with Crippen LogP contribution in [0.15, 0.2) is 71.6 Å². The quantitative estimate of drug-likeness (QED) is 0.543. The van der Waals surface area contributed by atoms with E-state index in [-0.39, 0.29) is 10.9 Å². The average molecular weight is 464 g/mol. The van der Waals surface area contributed by atoms with E-state index < -0.39 is 10.0 Å². The number of carbonyl (C=O) groups excluding carboxylic acids is 1. The standard InChI is InChI=1S/C26H29N3O3S/c1-19-10-13-25(24(16-19)27-33(31,32)23-8-5-4-6-9-23)29-15-7-14-28(26(29)30)18-22-12-11-20(2)21(3)17-22/h4-6,8-13,16-17,27H,7,14-15,18H2,1-3H3. The lowest BCUT2D eigenvalue weighted by molar-refractivity contribution is 0.192. The molecule has 4 rings (SSSR count). The van der Waals surface area contributed by atoms with Gasteiger partial charge in [-0.15, -0.1) is 0 Å². The summed E-state index contributed by atoms with van der Waals surface area (Å²) in [4.78, 5) is 17.1. The first-order valence-electron chi connectivity index (χ1n) is 11.1. The van der Waals surface area contributed by atoms with E-state index in [1.54, 1.807) is 41.3 Å². The van der Waals surface area contributed by atoms with Gasteiger partial charge in [0.15, 0.2) is 0 Å². The maximum atomic E-state index is 13.4. The van der Waals surface area contributed by atoms with E-state index in [1.165, 1.54) is 11.1 Å². The van der Waals surface area contributed by atoms with E-state index in [0.29, 0.717) is 31.0 Å². The van der Waals surface area contributed by atoms with Crippen LogP contribution in [0, 0.1) is 20.8 Å². The van der Waals surface area contributed by atoms with Crippen LogP contribution in [0.2, 0.25) is 0 Å². The Hall–Kier alpha value is -3.32. The van der Waals surface area contributed by atoms with Gasteiger partial charge in [-0.2, -0.15) is 0 Å². The molecule has 1 aliphatic heterocycles. The van der Waals surface area contributed by atoms with E-state index in [2.05, 4.69) is 36.8 Å². The molecule has 6 nitrogen and oxygen atoms in total. The number of aryl methyl sites for hydroxylation is 3. The fourth-order valence-corrected chi connectivity index (χ4v) is 5.13. The molecule has 3 aromatic carbocycles. The monoisotopic (exact) mass is 463 g/mol.